The van der Waals surface area contributed by atoms with Crippen LogP contribution in [-0.2, 0) is 0 Å². The van der Waals surface area contributed by atoms with Crippen molar-refractivity contribution in [3.63, 3.8) is 0 Å². The molecule has 0 aromatic heterocycles. The first-order valence-electron chi connectivity index (χ1n) is 3.30. The monoisotopic (exact) mass is 445 g/mol. The Labute approximate surface area is 110 Å². The molecule has 0 saturated carbocycles. The molecule has 0 radical (unpaired) electrons. The fraction of sp³-hybridized carbons (Fsp3) is 0.143. The molecule has 0 aliphatic carbocycles. The highest BCUT2D eigenvalue weighted by molar-refractivity contribution is 14.1. The first-order chi connectivity index (χ1) is 6.29. The summed E-state index contributed by atoms with van der Waals surface area (Å²) in [6.45, 7) is 0. The molecule has 0 amide bonds. The maximum atomic E-state index is 12.0. The Morgan fingerprint density at radius 2 is 1.57 bits per heavy atom. The Balaban J connectivity index is 3.02. The zero-order chi connectivity index (χ0) is 10.9. The van der Waals surface area contributed by atoms with Crippen molar-refractivity contribution in [2.45, 2.75) is 10.4 Å². The van der Waals surface area contributed by atoms with E-state index in [2.05, 4.69) is 0 Å². The summed E-state index contributed by atoms with van der Waals surface area (Å²) in [6.07, 6.45) is 0. The SMILES string of the molecule is Nc1c(I)cc(SC(F)(F)F)cc1I. The van der Waals surface area contributed by atoms with E-state index in [1.54, 1.807) is 0 Å². The fourth-order valence-electron chi connectivity index (χ4n) is 0.754. The molecule has 0 fully saturated rings. The molecule has 0 saturated heterocycles. The summed E-state index contributed by atoms with van der Waals surface area (Å²) < 4.78 is 37.4. The largest absolute Gasteiger partial charge is 0.446 e. The lowest BCUT2D eigenvalue weighted by Crippen LogP contribution is -2.00. The number of rotatable bonds is 1. The van der Waals surface area contributed by atoms with Crippen LogP contribution in [-0.4, -0.2) is 5.51 Å². The normalized spacial score (nSPS) is 11.8. The van der Waals surface area contributed by atoms with Gasteiger partial charge in [-0.15, -0.1) is 0 Å². The van der Waals surface area contributed by atoms with E-state index in [1.807, 2.05) is 45.2 Å². The Morgan fingerprint density at radius 3 is 1.93 bits per heavy atom. The van der Waals surface area contributed by atoms with Crippen molar-refractivity contribution >= 4 is 62.6 Å². The van der Waals surface area contributed by atoms with Crippen molar-refractivity contribution in [2.24, 2.45) is 0 Å². The number of nitrogen functional groups attached to an aromatic ring is 1. The third kappa shape index (κ3) is 3.65. The molecule has 0 aliphatic rings. The van der Waals surface area contributed by atoms with Crippen molar-refractivity contribution in [3.05, 3.63) is 19.3 Å². The number of nitrogens with two attached hydrogens (primary N) is 1. The molecule has 0 spiro atoms. The Bertz CT molecular complexity index is 330. The van der Waals surface area contributed by atoms with Gasteiger partial charge in [-0.25, -0.2) is 0 Å². The number of hydrogen-bond donors (Lipinski definition) is 1. The zero-order valence-electron chi connectivity index (χ0n) is 6.53. The molecule has 0 bridgehead atoms. The van der Waals surface area contributed by atoms with Gasteiger partial charge in [0, 0.05) is 12.0 Å². The minimum atomic E-state index is -4.25. The summed E-state index contributed by atoms with van der Waals surface area (Å²) in [5, 5.41) is 0. The Kier molecular flexibility index (Phi) is 4.21. The molecule has 14 heavy (non-hydrogen) atoms. The molecule has 2 N–H and O–H groups in total. The van der Waals surface area contributed by atoms with Gasteiger partial charge in [-0.1, -0.05) is 0 Å². The molecule has 0 unspecified atom stereocenters. The standard InChI is InChI=1S/C7H4F3I2NS/c8-7(9,10)14-3-1-4(11)6(13)5(12)2-3/h1-2H,13H2. The van der Waals surface area contributed by atoms with Crippen LogP contribution in [0.15, 0.2) is 17.0 Å². The summed E-state index contributed by atoms with van der Waals surface area (Å²) >= 11 is 3.71. The second-order valence-electron chi connectivity index (χ2n) is 2.35. The Hall–Kier alpha value is 0.620. The molecule has 7 heteroatoms. The highest BCUT2D eigenvalue weighted by Crippen LogP contribution is 2.39. The summed E-state index contributed by atoms with van der Waals surface area (Å²) in [5.74, 6) is 0. The average Bonchev–Trinajstić information content (AvgIpc) is 1.96. The second kappa shape index (κ2) is 4.64. The smallest absolute Gasteiger partial charge is 0.397 e. The van der Waals surface area contributed by atoms with Gasteiger partial charge in [0.25, 0.3) is 0 Å². The highest BCUT2D eigenvalue weighted by atomic mass is 127. The zero-order valence-corrected chi connectivity index (χ0v) is 11.7. The number of anilines is 1. The van der Waals surface area contributed by atoms with Crippen LogP contribution in [0, 0.1) is 7.14 Å². The molecular formula is C7H4F3I2NS. The summed E-state index contributed by atoms with van der Waals surface area (Å²) in [5.41, 5.74) is 1.89. The van der Waals surface area contributed by atoms with Crippen molar-refractivity contribution < 1.29 is 13.2 Å². The van der Waals surface area contributed by atoms with Gasteiger partial charge in [0.2, 0.25) is 0 Å². The highest BCUT2D eigenvalue weighted by Gasteiger charge is 2.29. The predicted molar refractivity (Wildman–Crippen MR) is 68.2 cm³/mol. The van der Waals surface area contributed by atoms with E-state index in [4.69, 9.17) is 5.73 Å². The molecule has 1 aromatic carbocycles. The van der Waals surface area contributed by atoms with E-state index >= 15 is 0 Å². The minimum absolute atomic E-state index is 0.127. The number of hydrogen-bond acceptors (Lipinski definition) is 2. The quantitative estimate of drug-likeness (QED) is 0.401. The summed E-state index contributed by atoms with van der Waals surface area (Å²) in [6, 6.07) is 2.85. The van der Waals surface area contributed by atoms with Gasteiger partial charge in [-0.05, 0) is 69.1 Å². The van der Waals surface area contributed by atoms with Crippen LogP contribution in [0.1, 0.15) is 0 Å². The summed E-state index contributed by atoms with van der Waals surface area (Å²) in [4.78, 5) is 0.167. The number of thioether (sulfide) groups is 1. The molecular weight excluding hydrogens is 441 g/mol. The molecule has 78 valence electrons. The second-order valence-corrected chi connectivity index (χ2v) is 5.81. The molecule has 0 aliphatic heterocycles. The maximum absolute atomic E-state index is 12.0. The van der Waals surface area contributed by atoms with Crippen LogP contribution in [0.25, 0.3) is 0 Å². The van der Waals surface area contributed by atoms with E-state index in [1.165, 1.54) is 12.1 Å². The van der Waals surface area contributed by atoms with E-state index in [-0.39, 0.29) is 16.7 Å². The lowest BCUT2D eigenvalue weighted by molar-refractivity contribution is -0.0328. The number of benzene rings is 1. The van der Waals surface area contributed by atoms with E-state index in [0.29, 0.717) is 12.8 Å². The summed E-state index contributed by atoms with van der Waals surface area (Å²) in [7, 11) is 0. The lowest BCUT2D eigenvalue weighted by Gasteiger charge is -2.08. The third-order valence-electron chi connectivity index (χ3n) is 1.29. The molecule has 1 nitrogen and oxygen atoms in total. The first-order valence-corrected chi connectivity index (χ1v) is 6.27. The van der Waals surface area contributed by atoms with Crippen LogP contribution in [0.4, 0.5) is 18.9 Å². The van der Waals surface area contributed by atoms with Gasteiger partial charge in [0.15, 0.2) is 0 Å². The first kappa shape index (κ1) is 12.7. The van der Waals surface area contributed by atoms with Gasteiger partial charge in [0.1, 0.15) is 0 Å². The van der Waals surface area contributed by atoms with Crippen molar-refractivity contribution in [3.8, 4) is 0 Å². The van der Waals surface area contributed by atoms with Gasteiger partial charge < -0.3 is 5.73 Å². The van der Waals surface area contributed by atoms with E-state index < -0.39 is 5.51 Å². The van der Waals surface area contributed by atoms with Crippen molar-refractivity contribution in [1.82, 2.24) is 0 Å². The van der Waals surface area contributed by atoms with Crippen molar-refractivity contribution in [1.29, 1.82) is 0 Å². The van der Waals surface area contributed by atoms with E-state index in [9.17, 15) is 13.2 Å². The average molecular weight is 445 g/mol. The van der Waals surface area contributed by atoms with Gasteiger partial charge in [-0.3, -0.25) is 0 Å². The molecule has 1 aromatic rings. The number of halogens is 5. The Morgan fingerprint density at radius 1 is 1.14 bits per heavy atom. The maximum Gasteiger partial charge on any atom is 0.446 e. The van der Waals surface area contributed by atoms with Gasteiger partial charge in [0.05, 0.1) is 5.69 Å². The number of alkyl halides is 3. The van der Waals surface area contributed by atoms with E-state index in [0.717, 1.165) is 0 Å². The van der Waals surface area contributed by atoms with Crippen LogP contribution >= 0.6 is 56.9 Å². The lowest BCUT2D eigenvalue weighted by atomic mass is 10.3. The van der Waals surface area contributed by atoms with Crippen LogP contribution in [0.5, 0.6) is 0 Å². The topological polar surface area (TPSA) is 26.0 Å². The van der Waals surface area contributed by atoms with Crippen molar-refractivity contribution in [2.75, 3.05) is 5.73 Å². The predicted octanol–water partition coefficient (Wildman–Crippen LogP) is 4.09. The minimum Gasteiger partial charge on any atom is -0.397 e. The van der Waals surface area contributed by atoms with Crippen LogP contribution in [0.2, 0.25) is 0 Å². The van der Waals surface area contributed by atoms with Gasteiger partial charge >= 0.3 is 5.51 Å². The van der Waals surface area contributed by atoms with Crippen LogP contribution < -0.4 is 5.73 Å². The van der Waals surface area contributed by atoms with Crippen LogP contribution in [0.3, 0.4) is 0 Å². The molecule has 1 rings (SSSR count). The third-order valence-corrected chi connectivity index (χ3v) is 3.77. The molecule has 0 atom stereocenters. The fourth-order valence-corrected chi connectivity index (χ4v) is 3.57. The van der Waals surface area contributed by atoms with Gasteiger partial charge in [-0.2, -0.15) is 13.2 Å². The molecule has 0 heterocycles.